The first kappa shape index (κ1) is 16.9. The Kier molecular flexibility index (Phi) is 5.23. The lowest BCUT2D eigenvalue weighted by Crippen LogP contribution is -2.03. The summed E-state index contributed by atoms with van der Waals surface area (Å²) in [5.41, 5.74) is 4.51. The van der Waals surface area contributed by atoms with Crippen molar-refractivity contribution in [3.8, 4) is 0 Å². The van der Waals surface area contributed by atoms with Crippen LogP contribution in [0.1, 0.15) is 37.8 Å². The molecule has 2 N–H and O–H groups in total. The highest BCUT2D eigenvalue weighted by Gasteiger charge is 2.05. The van der Waals surface area contributed by atoms with Gasteiger partial charge in [0.25, 0.3) is 0 Å². The van der Waals surface area contributed by atoms with Crippen molar-refractivity contribution in [2.24, 2.45) is 0 Å². The largest absolute Gasteiger partial charge is 0.339 e. The molecule has 0 saturated heterocycles. The van der Waals surface area contributed by atoms with Crippen molar-refractivity contribution in [2.75, 3.05) is 10.6 Å². The van der Waals surface area contributed by atoms with E-state index in [1.807, 2.05) is 18.2 Å². The van der Waals surface area contributed by atoms with Gasteiger partial charge in [0.15, 0.2) is 5.82 Å². The van der Waals surface area contributed by atoms with E-state index in [0.717, 1.165) is 17.8 Å². The van der Waals surface area contributed by atoms with Crippen LogP contribution in [0.4, 0.5) is 23.1 Å². The summed E-state index contributed by atoms with van der Waals surface area (Å²) >= 11 is 0. The molecule has 25 heavy (non-hydrogen) atoms. The molecule has 0 saturated carbocycles. The number of anilines is 4. The molecule has 3 aromatic rings. The molecule has 0 aliphatic carbocycles. The summed E-state index contributed by atoms with van der Waals surface area (Å²) in [4.78, 5) is 4.50. The fourth-order valence-corrected chi connectivity index (χ4v) is 2.59. The number of rotatable bonds is 6. The highest BCUT2D eigenvalue weighted by atomic mass is 15.3. The molecule has 5 nitrogen and oxygen atoms in total. The quantitative estimate of drug-likeness (QED) is 0.661. The van der Waals surface area contributed by atoms with E-state index in [1.165, 1.54) is 11.1 Å². The Morgan fingerprint density at radius 2 is 1.72 bits per heavy atom. The zero-order valence-corrected chi connectivity index (χ0v) is 14.8. The minimum Gasteiger partial charge on any atom is -0.339 e. The number of benzene rings is 2. The summed E-state index contributed by atoms with van der Waals surface area (Å²) in [5, 5.41) is 14.6. The lowest BCUT2D eigenvalue weighted by molar-refractivity contribution is 0.867. The second kappa shape index (κ2) is 7.75. The molecule has 128 valence electrons. The normalized spacial score (nSPS) is 10.7. The fourth-order valence-electron chi connectivity index (χ4n) is 2.59. The van der Waals surface area contributed by atoms with Crippen LogP contribution in [0.5, 0.6) is 0 Å². The molecular weight excluding hydrogens is 310 g/mol. The fraction of sp³-hybridized carbons (Fsp3) is 0.250. The summed E-state index contributed by atoms with van der Waals surface area (Å²) in [6, 6.07) is 16.5. The standard InChI is InChI=1S/C20H23N5/c1-4-15-7-5-6-8-18(15)23-20-24-19(13-21-25-20)22-17-11-9-16(10-12-17)14(2)3/h5-14H,4H2,1-3H3,(H2,22,23,24,25). The molecule has 0 fully saturated rings. The van der Waals surface area contributed by atoms with Gasteiger partial charge in [0.2, 0.25) is 5.95 Å². The number of hydrogen-bond acceptors (Lipinski definition) is 5. The number of aryl methyl sites for hydroxylation is 1. The molecule has 0 atom stereocenters. The summed E-state index contributed by atoms with van der Waals surface area (Å²) in [7, 11) is 0. The number of nitrogens with zero attached hydrogens (tertiary/aromatic N) is 3. The maximum Gasteiger partial charge on any atom is 0.249 e. The van der Waals surface area contributed by atoms with Gasteiger partial charge in [-0.3, -0.25) is 0 Å². The first-order valence-electron chi connectivity index (χ1n) is 8.57. The van der Waals surface area contributed by atoms with Crippen molar-refractivity contribution in [3.63, 3.8) is 0 Å². The van der Waals surface area contributed by atoms with Crippen LogP contribution in [0.15, 0.2) is 54.7 Å². The average molecular weight is 333 g/mol. The zero-order chi connectivity index (χ0) is 17.6. The summed E-state index contributed by atoms with van der Waals surface area (Å²) in [5.74, 6) is 1.65. The molecule has 0 aliphatic rings. The maximum absolute atomic E-state index is 4.50. The summed E-state index contributed by atoms with van der Waals surface area (Å²) < 4.78 is 0. The summed E-state index contributed by atoms with van der Waals surface area (Å²) in [6.07, 6.45) is 2.56. The van der Waals surface area contributed by atoms with Crippen molar-refractivity contribution >= 4 is 23.1 Å². The van der Waals surface area contributed by atoms with Crippen molar-refractivity contribution in [3.05, 3.63) is 65.9 Å². The number of hydrogen-bond donors (Lipinski definition) is 2. The topological polar surface area (TPSA) is 62.7 Å². The third kappa shape index (κ3) is 4.32. The van der Waals surface area contributed by atoms with Crippen LogP contribution in [-0.2, 0) is 6.42 Å². The molecule has 1 heterocycles. The van der Waals surface area contributed by atoms with E-state index in [1.54, 1.807) is 6.20 Å². The second-order valence-corrected chi connectivity index (χ2v) is 6.20. The van der Waals surface area contributed by atoms with Crippen molar-refractivity contribution in [2.45, 2.75) is 33.1 Å². The van der Waals surface area contributed by atoms with E-state index in [4.69, 9.17) is 0 Å². The molecule has 0 radical (unpaired) electrons. The number of aromatic nitrogens is 3. The molecule has 5 heteroatoms. The van der Waals surface area contributed by atoms with Gasteiger partial charge >= 0.3 is 0 Å². The van der Waals surface area contributed by atoms with Gasteiger partial charge in [0, 0.05) is 11.4 Å². The first-order chi connectivity index (χ1) is 12.2. The summed E-state index contributed by atoms with van der Waals surface area (Å²) in [6.45, 7) is 6.49. The SMILES string of the molecule is CCc1ccccc1Nc1nncc(Nc2ccc(C(C)C)cc2)n1. The van der Waals surface area contributed by atoms with Crippen molar-refractivity contribution < 1.29 is 0 Å². The van der Waals surface area contributed by atoms with Gasteiger partial charge in [-0.2, -0.15) is 10.1 Å². The van der Waals surface area contributed by atoms with E-state index in [0.29, 0.717) is 17.7 Å². The van der Waals surface area contributed by atoms with E-state index >= 15 is 0 Å². The van der Waals surface area contributed by atoms with Gasteiger partial charge in [-0.05, 0) is 41.7 Å². The molecule has 1 aromatic heterocycles. The van der Waals surface area contributed by atoms with Crippen LogP contribution in [0.2, 0.25) is 0 Å². The molecule has 3 rings (SSSR count). The zero-order valence-electron chi connectivity index (χ0n) is 14.8. The minimum atomic E-state index is 0.477. The smallest absolute Gasteiger partial charge is 0.249 e. The monoisotopic (exact) mass is 333 g/mol. The lowest BCUT2D eigenvalue weighted by atomic mass is 10.0. The van der Waals surface area contributed by atoms with Gasteiger partial charge in [0.05, 0.1) is 6.20 Å². The Balaban J connectivity index is 1.75. The number of nitrogens with one attached hydrogen (secondary N) is 2. The Morgan fingerprint density at radius 3 is 2.44 bits per heavy atom. The predicted octanol–water partition coefficient (Wildman–Crippen LogP) is 5.04. The van der Waals surface area contributed by atoms with Crippen molar-refractivity contribution in [1.29, 1.82) is 0 Å². The second-order valence-electron chi connectivity index (χ2n) is 6.20. The molecule has 0 amide bonds. The third-order valence-corrected chi connectivity index (χ3v) is 4.05. The molecule has 0 spiro atoms. The van der Waals surface area contributed by atoms with Crippen LogP contribution in [-0.4, -0.2) is 15.2 Å². The maximum atomic E-state index is 4.50. The van der Waals surface area contributed by atoms with Crippen LogP contribution in [0.3, 0.4) is 0 Å². The van der Waals surface area contributed by atoms with Crippen molar-refractivity contribution in [1.82, 2.24) is 15.2 Å². The minimum absolute atomic E-state index is 0.477. The van der Waals surface area contributed by atoms with E-state index in [-0.39, 0.29) is 0 Å². The third-order valence-electron chi connectivity index (χ3n) is 4.05. The predicted molar refractivity (Wildman–Crippen MR) is 103 cm³/mol. The van der Waals surface area contributed by atoms with E-state index in [2.05, 4.69) is 76.9 Å². The molecule has 0 unspecified atom stereocenters. The Bertz CT molecular complexity index is 827. The van der Waals surface area contributed by atoms with Crippen LogP contribution in [0, 0.1) is 0 Å². The Morgan fingerprint density at radius 1 is 0.960 bits per heavy atom. The van der Waals surface area contributed by atoms with E-state index in [9.17, 15) is 0 Å². The van der Waals surface area contributed by atoms with Gasteiger partial charge < -0.3 is 10.6 Å². The number of para-hydroxylation sites is 1. The van der Waals surface area contributed by atoms with Gasteiger partial charge in [-0.25, -0.2) is 0 Å². The van der Waals surface area contributed by atoms with Gasteiger partial charge in [0.1, 0.15) is 0 Å². The molecule has 0 bridgehead atoms. The van der Waals surface area contributed by atoms with E-state index < -0.39 is 0 Å². The van der Waals surface area contributed by atoms with Gasteiger partial charge in [-0.15, -0.1) is 5.10 Å². The van der Waals surface area contributed by atoms with Crippen LogP contribution >= 0.6 is 0 Å². The first-order valence-corrected chi connectivity index (χ1v) is 8.57. The van der Waals surface area contributed by atoms with Gasteiger partial charge in [-0.1, -0.05) is 51.1 Å². The van der Waals surface area contributed by atoms with Crippen LogP contribution < -0.4 is 10.6 Å². The molecular formula is C20H23N5. The Labute approximate surface area is 148 Å². The lowest BCUT2D eigenvalue weighted by Gasteiger charge is -2.11. The van der Waals surface area contributed by atoms with Crippen LogP contribution in [0.25, 0.3) is 0 Å². The molecule has 2 aromatic carbocycles. The highest BCUT2D eigenvalue weighted by Crippen LogP contribution is 2.21. The molecule has 0 aliphatic heterocycles. The highest BCUT2D eigenvalue weighted by molar-refractivity contribution is 5.61. The average Bonchev–Trinajstić information content (AvgIpc) is 2.63. The Hall–Kier alpha value is -2.95.